The van der Waals surface area contributed by atoms with Crippen LogP contribution in [0.25, 0.3) is 0 Å². The Morgan fingerprint density at radius 3 is 2.44 bits per heavy atom. The van der Waals surface area contributed by atoms with Gasteiger partial charge in [-0.05, 0) is 56.3 Å². The quantitative estimate of drug-likeness (QED) is 0.544. The minimum atomic E-state index is -1.29. The van der Waals surface area contributed by atoms with Crippen LogP contribution < -0.4 is 10.3 Å². The second-order valence-corrected chi connectivity index (χ2v) is 8.55. The van der Waals surface area contributed by atoms with Gasteiger partial charge in [-0.25, -0.2) is 9.59 Å². The van der Waals surface area contributed by atoms with Gasteiger partial charge in [0.1, 0.15) is 5.54 Å². The molecule has 0 aromatic heterocycles. The summed E-state index contributed by atoms with van der Waals surface area (Å²) in [6, 6.07) is 17.6. The van der Waals surface area contributed by atoms with Gasteiger partial charge in [-0.3, -0.25) is 4.90 Å². The molecule has 2 aliphatic heterocycles. The van der Waals surface area contributed by atoms with Crippen molar-refractivity contribution in [2.75, 3.05) is 13.1 Å². The van der Waals surface area contributed by atoms with Crippen molar-refractivity contribution in [3.05, 3.63) is 77.4 Å². The molecule has 1 saturated heterocycles. The number of carboxylic acid groups (broad SMARTS) is 2. The van der Waals surface area contributed by atoms with E-state index < -0.39 is 17.5 Å². The van der Waals surface area contributed by atoms with E-state index in [1.54, 1.807) is 18.2 Å². The van der Waals surface area contributed by atoms with Gasteiger partial charge in [0.2, 0.25) is 0 Å². The number of carbonyl (C=O) groups is 2. The first-order valence-corrected chi connectivity index (χ1v) is 11.0. The normalized spacial score (nSPS) is 21.7. The molecular formula is C25H28N2O5. The molecule has 7 heteroatoms. The predicted molar refractivity (Wildman–Crippen MR) is 119 cm³/mol. The SMILES string of the molecule is O=C(O)C=C(C(=O)O)C1(CCC2CCN(Cc3ccccc3)CC2)NOc2ccccc21. The second-order valence-electron chi connectivity index (χ2n) is 8.55. The van der Waals surface area contributed by atoms with Crippen molar-refractivity contribution in [3.8, 4) is 5.75 Å². The number of aliphatic carboxylic acids is 2. The van der Waals surface area contributed by atoms with Gasteiger partial charge in [0.05, 0.1) is 5.57 Å². The molecule has 1 fully saturated rings. The van der Waals surface area contributed by atoms with E-state index in [1.165, 1.54) is 5.56 Å². The van der Waals surface area contributed by atoms with Crippen molar-refractivity contribution in [1.29, 1.82) is 0 Å². The number of nitrogens with zero attached hydrogens (tertiary/aromatic N) is 1. The summed E-state index contributed by atoms with van der Waals surface area (Å²) in [5.74, 6) is -1.59. The highest BCUT2D eigenvalue weighted by Crippen LogP contribution is 2.45. The molecule has 1 unspecified atom stereocenters. The van der Waals surface area contributed by atoms with Gasteiger partial charge in [-0.1, -0.05) is 48.5 Å². The molecule has 32 heavy (non-hydrogen) atoms. The molecule has 2 aliphatic rings. The zero-order valence-corrected chi connectivity index (χ0v) is 17.9. The molecular weight excluding hydrogens is 408 g/mol. The molecule has 7 nitrogen and oxygen atoms in total. The molecule has 2 aromatic rings. The summed E-state index contributed by atoms with van der Waals surface area (Å²) in [5, 5.41) is 19.2. The highest BCUT2D eigenvalue weighted by atomic mass is 16.7. The monoisotopic (exact) mass is 436 g/mol. The Kier molecular flexibility index (Phi) is 6.58. The van der Waals surface area contributed by atoms with E-state index in [2.05, 4.69) is 34.6 Å². The average molecular weight is 437 g/mol. The number of hydrogen-bond donors (Lipinski definition) is 3. The maximum atomic E-state index is 12.1. The summed E-state index contributed by atoms with van der Waals surface area (Å²) in [6.45, 7) is 2.92. The first-order chi connectivity index (χ1) is 15.5. The first-order valence-electron chi connectivity index (χ1n) is 11.0. The van der Waals surface area contributed by atoms with Crippen LogP contribution in [0.3, 0.4) is 0 Å². The average Bonchev–Trinajstić information content (AvgIpc) is 3.17. The molecule has 2 aromatic carbocycles. The lowest BCUT2D eigenvalue weighted by Gasteiger charge is -2.35. The Balaban J connectivity index is 1.47. The van der Waals surface area contributed by atoms with Crippen molar-refractivity contribution in [1.82, 2.24) is 10.4 Å². The van der Waals surface area contributed by atoms with Crippen molar-refractivity contribution < 1.29 is 24.6 Å². The number of carboxylic acids is 2. The molecule has 3 N–H and O–H groups in total. The number of para-hydroxylation sites is 1. The van der Waals surface area contributed by atoms with Crippen molar-refractivity contribution >= 4 is 11.9 Å². The Hall–Kier alpha value is -3.16. The van der Waals surface area contributed by atoms with E-state index >= 15 is 0 Å². The van der Waals surface area contributed by atoms with Gasteiger partial charge in [0, 0.05) is 18.2 Å². The molecule has 0 amide bonds. The molecule has 0 bridgehead atoms. The number of fused-ring (bicyclic) bond motifs is 1. The summed E-state index contributed by atoms with van der Waals surface area (Å²) in [4.78, 5) is 31.5. The fourth-order valence-corrected chi connectivity index (χ4v) is 4.81. The largest absolute Gasteiger partial charge is 0.478 e. The summed E-state index contributed by atoms with van der Waals surface area (Å²) in [6.07, 6.45) is 4.04. The molecule has 168 valence electrons. The van der Waals surface area contributed by atoms with E-state index in [-0.39, 0.29) is 5.57 Å². The van der Waals surface area contributed by atoms with Crippen LogP contribution in [0.15, 0.2) is 66.2 Å². The minimum absolute atomic E-state index is 0.212. The number of benzene rings is 2. The van der Waals surface area contributed by atoms with Crippen molar-refractivity contribution in [2.45, 2.75) is 37.8 Å². The van der Waals surface area contributed by atoms with E-state index in [4.69, 9.17) is 4.84 Å². The summed E-state index contributed by atoms with van der Waals surface area (Å²) >= 11 is 0. The Morgan fingerprint density at radius 1 is 1.06 bits per heavy atom. The van der Waals surface area contributed by atoms with Crippen LogP contribution >= 0.6 is 0 Å². The Labute approximate surface area is 187 Å². The highest BCUT2D eigenvalue weighted by Gasteiger charge is 2.47. The van der Waals surface area contributed by atoms with Crippen LogP contribution in [0.4, 0.5) is 0 Å². The minimum Gasteiger partial charge on any atom is -0.478 e. The molecule has 1 atom stereocenters. The van der Waals surface area contributed by atoms with E-state index in [1.807, 2.05) is 12.1 Å². The Morgan fingerprint density at radius 2 is 1.75 bits per heavy atom. The third-order valence-electron chi connectivity index (χ3n) is 6.52. The maximum absolute atomic E-state index is 12.1. The molecule has 2 heterocycles. The molecule has 0 radical (unpaired) electrons. The molecule has 0 aliphatic carbocycles. The zero-order valence-electron chi connectivity index (χ0n) is 17.9. The number of rotatable bonds is 8. The van der Waals surface area contributed by atoms with Crippen molar-refractivity contribution in [2.24, 2.45) is 5.92 Å². The van der Waals surface area contributed by atoms with Gasteiger partial charge in [-0.2, -0.15) is 0 Å². The summed E-state index contributed by atoms with van der Waals surface area (Å²) < 4.78 is 0. The third kappa shape index (κ3) is 4.69. The molecule has 0 spiro atoms. The van der Waals surface area contributed by atoms with Gasteiger partial charge in [0.15, 0.2) is 5.75 Å². The summed E-state index contributed by atoms with van der Waals surface area (Å²) in [5.41, 5.74) is 3.44. The lowest BCUT2D eigenvalue weighted by atomic mass is 9.76. The van der Waals surface area contributed by atoms with Crippen LogP contribution in [0.2, 0.25) is 0 Å². The first kappa shape index (κ1) is 22.0. The second kappa shape index (κ2) is 9.54. The van der Waals surface area contributed by atoms with Crippen LogP contribution in [0.5, 0.6) is 5.75 Å². The lowest BCUT2D eigenvalue weighted by molar-refractivity contribution is -0.136. The van der Waals surface area contributed by atoms with Gasteiger partial charge >= 0.3 is 11.9 Å². The van der Waals surface area contributed by atoms with Crippen LogP contribution in [-0.2, 0) is 21.7 Å². The lowest BCUT2D eigenvalue weighted by Crippen LogP contribution is -2.44. The van der Waals surface area contributed by atoms with Crippen LogP contribution in [0.1, 0.15) is 36.8 Å². The fraction of sp³-hybridized carbons (Fsp3) is 0.360. The Bertz CT molecular complexity index is 998. The van der Waals surface area contributed by atoms with Gasteiger partial charge in [-0.15, -0.1) is 5.48 Å². The van der Waals surface area contributed by atoms with Gasteiger partial charge < -0.3 is 15.1 Å². The molecule has 4 rings (SSSR count). The van der Waals surface area contributed by atoms with Gasteiger partial charge in [0.25, 0.3) is 0 Å². The van der Waals surface area contributed by atoms with Crippen LogP contribution in [-0.4, -0.2) is 40.1 Å². The number of hydroxylamine groups is 1. The van der Waals surface area contributed by atoms with E-state index in [9.17, 15) is 19.8 Å². The maximum Gasteiger partial charge on any atom is 0.334 e. The molecule has 0 saturated carbocycles. The smallest absolute Gasteiger partial charge is 0.334 e. The number of piperidine rings is 1. The number of nitrogens with one attached hydrogen (secondary N) is 1. The van der Waals surface area contributed by atoms with E-state index in [0.717, 1.165) is 45.0 Å². The topological polar surface area (TPSA) is 99.1 Å². The van der Waals surface area contributed by atoms with E-state index in [0.29, 0.717) is 23.7 Å². The number of hydrogen-bond acceptors (Lipinski definition) is 5. The zero-order chi connectivity index (χ0) is 22.6. The summed E-state index contributed by atoms with van der Waals surface area (Å²) in [7, 11) is 0. The standard InChI is InChI=1S/C25H28N2O5/c28-23(29)16-21(24(30)31)25(20-8-4-5-9-22(20)32-26-25)13-10-18-11-14-27(15-12-18)17-19-6-2-1-3-7-19/h1-9,16,18,26H,10-15,17H2,(H,28,29)(H,30,31). The number of likely N-dealkylation sites (tertiary alicyclic amines) is 1. The highest BCUT2D eigenvalue weighted by molar-refractivity contribution is 5.97. The van der Waals surface area contributed by atoms with Crippen LogP contribution in [0, 0.1) is 5.92 Å². The predicted octanol–water partition coefficient (Wildman–Crippen LogP) is 3.57. The third-order valence-corrected chi connectivity index (χ3v) is 6.52. The fourth-order valence-electron chi connectivity index (χ4n) is 4.81. The van der Waals surface area contributed by atoms with Crippen molar-refractivity contribution in [3.63, 3.8) is 0 Å².